The number of carboxylic acid groups (broad SMARTS) is 1. The molecule has 1 aromatic heterocycles. The largest absolute Gasteiger partial charge is 0.476 e. The molecule has 0 bridgehead atoms. The number of aromatic nitrogens is 2. The van der Waals surface area contributed by atoms with E-state index in [0.717, 1.165) is 5.39 Å². The summed E-state index contributed by atoms with van der Waals surface area (Å²) in [5.74, 6) is -1.07. The number of hydrogen-bond acceptors (Lipinski definition) is 5. The Morgan fingerprint density at radius 1 is 1.35 bits per heavy atom. The summed E-state index contributed by atoms with van der Waals surface area (Å²) in [7, 11) is 1.62. The highest BCUT2D eigenvalue weighted by Gasteiger charge is 2.20. The molecule has 2 rings (SSSR count). The first-order chi connectivity index (χ1) is 9.69. The molecule has 0 amide bonds. The molecule has 0 radical (unpaired) electrons. The highest BCUT2D eigenvalue weighted by atomic mass is 16.5. The second kappa shape index (κ2) is 6.29. The van der Waals surface area contributed by atoms with Gasteiger partial charge in [0, 0.05) is 25.6 Å². The van der Waals surface area contributed by atoms with Crippen LogP contribution in [0.25, 0.3) is 10.9 Å². The number of aromatic carboxylic acids is 1. The number of carbonyl (C=O) groups is 1. The topological polar surface area (TPSA) is 75.5 Å². The average molecular weight is 275 g/mol. The Morgan fingerprint density at radius 3 is 2.75 bits per heavy atom. The molecule has 0 unspecified atom stereocenters. The molecule has 1 N–H and O–H groups in total. The lowest BCUT2D eigenvalue weighted by Crippen LogP contribution is -2.29. The van der Waals surface area contributed by atoms with E-state index in [1.165, 1.54) is 0 Å². The first-order valence-electron chi connectivity index (χ1n) is 6.41. The molecule has 0 aliphatic carbocycles. The smallest absolute Gasteiger partial charge is 0.358 e. The summed E-state index contributed by atoms with van der Waals surface area (Å²) in [4.78, 5) is 13.3. The zero-order valence-electron chi connectivity index (χ0n) is 11.5. The number of carboxylic acids is 1. The van der Waals surface area contributed by atoms with Gasteiger partial charge < -0.3 is 14.7 Å². The van der Waals surface area contributed by atoms with Gasteiger partial charge in [-0.3, -0.25) is 0 Å². The SMILES string of the molecule is CCN(CCOC)c1c(C(=O)O)nnc2ccccc12. The number of rotatable bonds is 6. The second-order valence-corrected chi connectivity index (χ2v) is 4.29. The van der Waals surface area contributed by atoms with Crippen molar-refractivity contribution in [1.29, 1.82) is 0 Å². The van der Waals surface area contributed by atoms with Crippen LogP contribution in [0.1, 0.15) is 17.4 Å². The number of likely N-dealkylation sites (N-methyl/N-ethyl adjacent to an activating group) is 1. The third-order valence-electron chi connectivity index (χ3n) is 3.11. The van der Waals surface area contributed by atoms with Crippen LogP contribution in [-0.2, 0) is 4.74 Å². The van der Waals surface area contributed by atoms with E-state index in [9.17, 15) is 9.90 Å². The van der Waals surface area contributed by atoms with Crippen molar-refractivity contribution in [3.63, 3.8) is 0 Å². The van der Waals surface area contributed by atoms with E-state index in [2.05, 4.69) is 10.2 Å². The number of benzene rings is 1. The van der Waals surface area contributed by atoms with Crippen molar-refractivity contribution in [3.8, 4) is 0 Å². The minimum absolute atomic E-state index is 0.0262. The molecule has 0 aliphatic heterocycles. The summed E-state index contributed by atoms with van der Waals surface area (Å²) in [5, 5.41) is 17.9. The van der Waals surface area contributed by atoms with Gasteiger partial charge >= 0.3 is 5.97 Å². The molecule has 20 heavy (non-hydrogen) atoms. The molecule has 0 atom stereocenters. The van der Waals surface area contributed by atoms with Crippen molar-refractivity contribution >= 4 is 22.6 Å². The third-order valence-corrected chi connectivity index (χ3v) is 3.11. The highest BCUT2D eigenvalue weighted by molar-refractivity contribution is 6.02. The van der Waals surface area contributed by atoms with Crippen LogP contribution in [-0.4, -0.2) is 48.1 Å². The molecule has 0 aliphatic rings. The van der Waals surface area contributed by atoms with Gasteiger partial charge in [0.2, 0.25) is 0 Å². The second-order valence-electron chi connectivity index (χ2n) is 4.29. The Bertz CT molecular complexity index is 616. The first kappa shape index (κ1) is 14.2. The monoisotopic (exact) mass is 275 g/mol. The van der Waals surface area contributed by atoms with Crippen LogP contribution < -0.4 is 4.90 Å². The predicted molar refractivity (Wildman–Crippen MR) is 76.3 cm³/mol. The van der Waals surface area contributed by atoms with Crippen LogP contribution >= 0.6 is 0 Å². The maximum Gasteiger partial charge on any atom is 0.358 e. The Balaban J connectivity index is 2.61. The van der Waals surface area contributed by atoms with Gasteiger partial charge in [0.15, 0.2) is 5.69 Å². The fourth-order valence-corrected chi connectivity index (χ4v) is 2.13. The van der Waals surface area contributed by atoms with Crippen molar-refractivity contribution in [2.75, 3.05) is 31.7 Å². The third kappa shape index (κ3) is 2.70. The number of nitrogens with zero attached hydrogens (tertiary/aromatic N) is 3. The predicted octanol–water partition coefficient (Wildman–Crippen LogP) is 1.80. The minimum atomic E-state index is -1.07. The van der Waals surface area contributed by atoms with Crippen molar-refractivity contribution in [1.82, 2.24) is 10.2 Å². The van der Waals surface area contributed by atoms with Gasteiger partial charge in [0.25, 0.3) is 0 Å². The number of ether oxygens (including phenoxy) is 1. The maximum atomic E-state index is 11.4. The summed E-state index contributed by atoms with van der Waals surface area (Å²) < 4.78 is 5.08. The molecule has 0 spiro atoms. The lowest BCUT2D eigenvalue weighted by Gasteiger charge is -2.24. The van der Waals surface area contributed by atoms with Crippen LogP contribution in [0.15, 0.2) is 24.3 Å². The maximum absolute atomic E-state index is 11.4. The Hall–Kier alpha value is -2.21. The fourth-order valence-electron chi connectivity index (χ4n) is 2.13. The van der Waals surface area contributed by atoms with Gasteiger partial charge in [0.1, 0.15) is 0 Å². The van der Waals surface area contributed by atoms with Crippen LogP contribution in [0.3, 0.4) is 0 Å². The van der Waals surface area contributed by atoms with Gasteiger partial charge in [-0.1, -0.05) is 18.2 Å². The average Bonchev–Trinajstić information content (AvgIpc) is 2.47. The van der Waals surface area contributed by atoms with Gasteiger partial charge in [-0.15, -0.1) is 10.2 Å². The van der Waals surface area contributed by atoms with Gasteiger partial charge in [-0.05, 0) is 13.0 Å². The molecule has 106 valence electrons. The van der Waals surface area contributed by atoms with Crippen molar-refractivity contribution in [2.45, 2.75) is 6.92 Å². The normalized spacial score (nSPS) is 10.7. The summed E-state index contributed by atoms with van der Waals surface area (Å²) >= 11 is 0. The molecule has 2 aromatic rings. The van der Waals surface area contributed by atoms with E-state index in [1.54, 1.807) is 7.11 Å². The quantitative estimate of drug-likeness (QED) is 0.866. The Kier molecular flexibility index (Phi) is 4.47. The minimum Gasteiger partial charge on any atom is -0.476 e. The standard InChI is InChI=1S/C14H17N3O3/c1-3-17(8-9-20-2)13-10-6-4-5-7-11(10)15-16-12(13)14(18)19/h4-7H,3,8-9H2,1-2H3,(H,18,19). The van der Waals surface area contributed by atoms with Crippen LogP contribution in [0.2, 0.25) is 0 Å². The summed E-state index contributed by atoms with van der Waals surface area (Å²) in [6.45, 7) is 3.75. The molecule has 0 fully saturated rings. The van der Waals surface area contributed by atoms with Gasteiger partial charge in [0.05, 0.1) is 17.8 Å². The summed E-state index contributed by atoms with van der Waals surface area (Å²) in [5.41, 5.74) is 1.26. The van der Waals surface area contributed by atoms with E-state index in [1.807, 2.05) is 36.1 Å². The molecule has 1 heterocycles. The number of anilines is 1. The van der Waals surface area contributed by atoms with Crippen molar-refractivity contribution < 1.29 is 14.6 Å². The first-order valence-corrected chi connectivity index (χ1v) is 6.41. The van der Waals surface area contributed by atoms with Crippen LogP contribution in [0, 0.1) is 0 Å². The number of hydrogen-bond donors (Lipinski definition) is 1. The summed E-state index contributed by atoms with van der Waals surface area (Å²) in [6.07, 6.45) is 0. The Labute approximate surface area is 117 Å². The lowest BCUT2D eigenvalue weighted by atomic mass is 10.1. The molecule has 0 saturated carbocycles. The van der Waals surface area contributed by atoms with E-state index in [4.69, 9.17) is 4.74 Å². The molecule has 6 heteroatoms. The molecular weight excluding hydrogens is 258 g/mol. The van der Waals surface area contributed by atoms with E-state index in [-0.39, 0.29) is 5.69 Å². The lowest BCUT2D eigenvalue weighted by molar-refractivity contribution is 0.0690. The van der Waals surface area contributed by atoms with Gasteiger partial charge in [-0.25, -0.2) is 4.79 Å². The van der Waals surface area contributed by atoms with E-state index < -0.39 is 5.97 Å². The van der Waals surface area contributed by atoms with Gasteiger partial charge in [-0.2, -0.15) is 0 Å². The molecule has 1 aromatic carbocycles. The van der Waals surface area contributed by atoms with E-state index >= 15 is 0 Å². The number of methoxy groups -OCH3 is 1. The molecule has 0 saturated heterocycles. The summed E-state index contributed by atoms with van der Waals surface area (Å²) in [6, 6.07) is 7.40. The highest BCUT2D eigenvalue weighted by Crippen LogP contribution is 2.28. The number of fused-ring (bicyclic) bond motifs is 1. The van der Waals surface area contributed by atoms with Crippen LogP contribution in [0.5, 0.6) is 0 Å². The van der Waals surface area contributed by atoms with Crippen molar-refractivity contribution in [3.05, 3.63) is 30.0 Å². The zero-order chi connectivity index (χ0) is 14.5. The van der Waals surface area contributed by atoms with E-state index in [0.29, 0.717) is 30.9 Å². The Morgan fingerprint density at radius 2 is 2.10 bits per heavy atom. The fraction of sp³-hybridized carbons (Fsp3) is 0.357. The van der Waals surface area contributed by atoms with Crippen molar-refractivity contribution in [2.24, 2.45) is 0 Å². The van der Waals surface area contributed by atoms with Crippen LogP contribution in [0.4, 0.5) is 5.69 Å². The zero-order valence-corrected chi connectivity index (χ0v) is 11.5. The molecule has 6 nitrogen and oxygen atoms in total. The molecular formula is C14H17N3O3.